The molecule has 1 heterocycles. The third kappa shape index (κ3) is 4.63. The van der Waals surface area contributed by atoms with Crippen LogP contribution in [0.15, 0.2) is 42.2 Å². The zero-order chi connectivity index (χ0) is 18.7. The van der Waals surface area contributed by atoms with Crippen molar-refractivity contribution >= 4 is 5.97 Å². The largest absolute Gasteiger partial charge is 0.483 e. The Balaban J connectivity index is 2.17. The first-order valence-corrected chi connectivity index (χ1v) is 8.92. The van der Waals surface area contributed by atoms with Crippen molar-refractivity contribution in [3.8, 4) is 0 Å². The molecule has 138 valence electrons. The summed E-state index contributed by atoms with van der Waals surface area (Å²) in [7, 11) is 1.38. The number of likely N-dealkylation sites (tertiary alicyclic amines) is 1. The predicted octanol–water partition coefficient (Wildman–Crippen LogP) is 4.30. The Labute approximate surface area is 151 Å². The molecule has 4 heteroatoms. The van der Waals surface area contributed by atoms with Gasteiger partial charge >= 0.3 is 5.97 Å². The molecule has 0 aromatic heterocycles. The molecule has 0 radical (unpaired) electrons. The van der Waals surface area contributed by atoms with Gasteiger partial charge in [0.05, 0.1) is 7.11 Å². The number of nitrogens with zero attached hydrogens (tertiary/aromatic N) is 1. The first-order chi connectivity index (χ1) is 11.7. The molecule has 1 aromatic rings. The Morgan fingerprint density at radius 2 is 1.72 bits per heavy atom. The average molecular weight is 345 g/mol. The Morgan fingerprint density at radius 3 is 2.20 bits per heavy atom. The van der Waals surface area contributed by atoms with E-state index in [2.05, 4.69) is 56.9 Å². The second-order valence-corrected chi connectivity index (χ2v) is 7.99. The van der Waals surface area contributed by atoms with E-state index in [0.717, 1.165) is 19.4 Å². The number of methoxy groups -OCH3 is 1. The molecule has 0 spiro atoms. The first kappa shape index (κ1) is 19.5. The van der Waals surface area contributed by atoms with Crippen LogP contribution in [0.2, 0.25) is 0 Å². The molecular formula is C21H31NO3. The topological polar surface area (TPSA) is 38.8 Å². The van der Waals surface area contributed by atoms with Crippen LogP contribution in [-0.2, 0) is 20.8 Å². The number of carbonyl (C=O) groups excluding carboxylic acids is 1. The predicted molar refractivity (Wildman–Crippen MR) is 100 cm³/mol. The summed E-state index contributed by atoms with van der Waals surface area (Å²) in [6.07, 6.45) is 3.39. The molecule has 1 saturated heterocycles. The van der Waals surface area contributed by atoms with Gasteiger partial charge in [-0.05, 0) is 46.3 Å². The van der Waals surface area contributed by atoms with E-state index in [0.29, 0.717) is 5.76 Å². The lowest BCUT2D eigenvalue weighted by atomic mass is 9.77. The summed E-state index contributed by atoms with van der Waals surface area (Å²) in [6.45, 7) is 11.7. The van der Waals surface area contributed by atoms with Gasteiger partial charge < -0.3 is 9.47 Å². The van der Waals surface area contributed by atoms with Crippen LogP contribution in [0.3, 0.4) is 0 Å². The van der Waals surface area contributed by atoms with Gasteiger partial charge in [-0.15, -0.1) is 0 Å². The van der Waals surface area contributed by atoms with Crippen LogP contribution in [0.25, 0.3) is 0 Å². The number of allylic oxidation sites excluding steroid dienone is 1. The summed E-state index contributed by atoms with van der Waals surface area (Å²) in [5, 5.41) is 0. The molecule has 1 aliphatic heterocycles. The smallest absolute Gasteiger partial charge is 0.372 e. The molecule has 0 amide bonds. The van der Waals surface area contributed by atoms with Crippen molar-refractivity contribution in [2.45, 2.75) is 71.2 Å². The Hall–Kier alpha value is -1.81. The molecule has 0 atom stereocenters. The number of ether oxygens (including phenoxy) is 2. The van der Waals surface area contributed by atoms with Gasteiger partial charge in [-0.1, -0.05) is 30.3 Å². The van der Waals surface area contributed by atoms with E-state index >= 15 is 0 Å². The van der Waals surface area contributed by atoms with Gasteiger partial charge in [0.1, 0.15) is 6.10 Å². The van der Waals surface area contributed by atoms with Gasteiger partial charge in [0.15, 0.2) is 0 Å². The minimum absolute atomic E-state index is 0.0117. The highest BCUT2D eigenvalue weighted by Gasteiger charge is 2.46. The van der Waals surface area contributed by atoms with Crippen LogP contribution in [0.5, 0.6) is 0 Å². The summed E-state index contributed by atoms with van der Waals surface area (Å²) in [6, 6.07) is 10.6. The van der Waals surface area contributed by atoms with E-state index in [1.165, 1.54) is 12.7 Å². The summed E-state index contributed by atoms with van der Waals surface area (Å²) in [4.78, 5) is 14.4. The number of rotatable bonds is 5. The normalized spacial score (nSPS) is 21.0. The quantitative estimate of drug-likeness (QED) is 0.453. The minimum atomic E-state index is -0.412. The molecule has 25 heavy (non-hydrogen) atoms. The first-order valence-electron chi connectivity index (χ1n) is 8.92. The van der Waals surface area contributed by atoms with Gasteiger partial charge in [-0.3, -0.25) is 4.90 Å². The Morgan fingerprint density at radius 1 is 1.16 bits per heavy atom. The van der Waals surface area contributed by atoms with Crippen LogP contribution >= 0.6 is 0 Å². The molecule has 0 aliphatic carbocycles. The van der Waals surface area contributed by atoms with Gasteiger partial charge in [-0.2, -0.15) is 0 Å². The lowest BCUT2D eigenvalue weighted by molar-refractivity contribution is -0.145. The van der Waals surface area contributed by atoms with Crippen molar-refractivity contribution < 1.29 is 14.3 Å². The highest BCUT2D eigenvalue weighted by Crippen LogP contribution is 2.41. The Kier molecular flexibility index (Phi) is 5.94. The molecular weight excluding hydrogens is 314 g/mol. The number of esters is 1. The third-order valence-corrected chi connectivity index (χ3v) is 5.04. The number of hydrogen-bond acceptors (Lipinski definition) is 4. The van der Waals surface area contributed by atoms with Crippen LogP contribution in [0.4, 0.5) is 0 Å². The maximum absolute atomic E-state index is 11.8. The van der Waals surface area contributed by atoms with Crippen molar-refractivity contribution in [3.63, 3.8) is 0 Å². The number of benzene rings is 1. The van der Waals surface area contributed by atoms with Crippen molar-refractivity contribution in [1.29, 1.82) is 0 Å². The second kappa shape index (κ2) is 7.61. The molecule has 0 unspecified atom stereocenters. The Bertz CT molecular complexity index is 601. The van der Waals surface area contributed by atoms with Gasteiger partial charge in [-0.25, -0.2) is 4.79 Å². The maximum Gasteiger partial charge on any atom is 0.372 e. The molecule has 0 bridgehead atoms. The fraction of sp³-hybridized carbons (Fsp3) is 0.571. The van der Waals surface area contributed by atoms with Crippen molar-refractivity contribution in [1.82, 2.24) is 4.90 Å². The van der Waals surface area contributed by atoms with Crippen molar-refractivity contribution in [2.24, 2.45) is 0 Å². The number of piperidine rings is 1. The van der Waals surface area contributed by atoms with Crippen LogP contribution < -0.4 is 0 Å². The summed E-state index contributed by atoms with van der Waals surface area (Å²) >= 11 is 0. The summed E-state index contributed by atoms with van der Waals surface area (Å²) in [5.41, 5.74) is 1.22. The van der Waals surface area contributed by atoms with E-state index < -0.39 is 5.97 Å². The van der Waals surface area contributed by atoms with Crippen LogP contribution in [0.1, 0.15) is 53.0 Å². The summed E-state index contributed by atoms with van der Waals surface area (Å²) < 4.78 is 10.8. The van der Waals surface area contributed by atoms with Gasteiger partial charge in [0.25, 0.3) is 0 Å². The van der Waals surface area contributed by atoms with Gasteiger partial charge in [0.2, 0.25) is 5.76 Å². The number of carbonyl (C=O) groups is 1. The van der Waals surface area contributed by atoms with Gasteiger partial charge in [0, 0.05) is 30.5 Å². The molecule has 4 nitrogen and oxygen atoms in total. The van der Waals surface area contributed by atoms with E-state index in [1.54, 1.807) is 13.0 Å². The highest BCUT2D eigenvalue weighted by atomic mass is 16.6. The standard InChI is InChI=1S/C21H31NO3/c1-7-18(19(23)24-6)25-17-13-20(2,3)22(21(4,5)14-17)15-16-11-9-8-10-12-16/h7-12,17H,13-15H2,1-6H3. The van der Waals surface area contributed by atoms with Crippen LogP contribution in [0, 0.1) is 0 Å². The fourth-order valence-electron chi connectivity index (χ4n) is 4.02. The average Bonchev–Trinajstić information content (AvgIpc) is 2.55. The molecule has 0 N–H and O–H groups in total. The van der Waals surface area contributed by atoms with E-state index in [9.17, 15) is 4.79 Å². The number of hydrogen-bond donors (Lipinski definition) is 0. The lowest BCUT2D eigenvalue weighted by Gasteiger charge is -2.55. The van der Waals surface area contributed by atoms with Crippen molar-refractivity contribution in [3.05, 3.63) is 47.7 Å². The molecule has 0 saturated carbocycles. The fourth-order valence-corrected chi connectivity index (χ4v) is 4.02. The second-order valence-electron chi connectivity index (χ2n) is 7.99. The third-order valence-electron chi connectivity index (χ3n) is 5.04. The monoisotopic (exact) mass is 345 g/mol. The maximum atomic E-state index is 11.8. The molecule has 1 fully saturated rings. The van der Waals surface area contributed by atoms with Crippen LogP contribution in [-0.4, -0.2) is 35.2 Å². The molecule has 1 aliphatic rings. The van der Waals surface area contributed by atoms with E-state index in [1.807, 2.05) is 6.07 Å². The SMILES string of the molecule is CC=C(OC1CC(C)(C)N(Cc2ccccc2)C(C)(C)C1)C(=O)OC. The van der Waals surface area contributed by atoms with E-state index in [-0.39, 0.29) is 17.2 Å². The van der Waals surface area contributed by atoms with E-state index in [4.69, 9.17) is 9.47 Å². The zero-order valence-electron chi connectivity index (χ0n) is 16.3. The highest BCUT2D eigenvalue weighted by molar-refractivity contribution is 5.86. The molecule has 2 rings (SSSR count). The lowest BCUT2D eigenvalue weighted by Crippen LogP contribution is -2.61. The van der Waals surface area contributed by atoms with Crippen molar-refractivity contribution in [2.75, 3.05) is 7.11 Å². The zero-order valence-corrected chi connectivity index (χ0v) is 16.3. The summed E-state index contributed by atoms with van der Waals surface area (Å²) in [5.74, 6) is -0.111. The minimum Gasteiger partial charge on any atom is -0.483 e. The molecule has 1 aromatic carbocycles.